The van der Waals surface area contributed by atoms with Crippen molar-refractivity contribution in [1.82, 2.24) is 0 Å². The topological polar surface area (TPSA) is 124 Å². The maximum Gasteiger partial charge on any atom is 0.338 e. The highest BCUT2D eigenvalue weighted by Gasteiger charge is 2.48. The SMILES string of the molecule is CC(C)(C)[Si](C)(C)OC[C@@H](OC(=O)c1ccccc1)[C@@H](OC(=O)c1ccccc1)[C@H](OC(=O)c1ccccc1)[C@@H](CO[Si](C)(C)C(C)(C)C)OC(=O)c1ccccc1. The zero-order chi connectivity index (χ0) is 42.7. The first-order valence-corrected chi connectivity index (χ1v) is 25.3. The highest BCUT2D eigenvalue weighted by Crippen LogP contribution is 2.38. The molecule has 4 aromatic carbocycles. The fourth-order valence-corrected chi connectivity index (χ4v) is 7.23. The molecule has 0 amide bonds. The Balaban J connectivity index is 1.96. The second-order valence-electron chi connectivity index (χ2n) is 17.2. The van der Waals surface area contributed by atoms with E-state index < -0.39 is 64.9 Å². The molecule has 0 aliphatic heterocycles. The van der Waals surface area contributed by atoms with Gasteiger partial charge in [0, 0.05) is 0 Å². The second-order valence-corrected chi connectivity index (χ2v) is 26.9. The van der Waals surface area contributed by atoms with Crippen molar-refractivity contribution < 1.29 is 47.0 Å². The minimum atomic E-state index is -2.57. The third kappa shape index (κ3) is 12.6. The summed E-state index contributed by atoms with van der Waals surface area (Å²) in [7, 11) is -5.14. The minimum Gasteiger partial charge on any atom is -0.452 e. The van der Waals surface area contributed by atoms with E-state index in [2.05, 4.69) is 41.5 Å². The predicted octanol–water partition coefficient (Wildman–Crippen LogP) is 9.93. The van der Waals surface area contributed by atoms with Gasteiger partial charge in [-0.2, -0.15) is 0 Å². The van der Waals surface area contributed by atoms with Crippen molar-refractivity contribution in [3.05, 3.63) is 144 Å². The third-order valence-electron chi connectivity index (χ3n) is 10.9. The van der Waals surface area contributed by atoms with Crippen LogP contribution in [0.25, 0.3) is 0 Å². The molecule has 0 radical (unpaired) electrons. The largest absolute Gasteiger partial charge is 0.452 e. The van der Waals surface area contributed by atoms with Gasteiger partial charge in [0.05, 0.1) is 35.5 Å². The molecule has 310 valence electrons. The maximum absolute atomic E-state index is 14.2. The summed E-state index contributed by atoms with van der Waals surface area (Å²) in [6.07, 6.45) is -5.94. The molecule has 58 heavy (non-hydrogen) atoms. The van der Waals surface area contributed by atoms with E-state index in [9.17, 15) is 19.2 Å². The van der Waals surface area contributed by atoms with Crippen molar-refractivity contribution in [3.63, 3.8) is 0 Å². The monoisotopic (exact) mass is 826 g/mol. The molecular formula is C46H58O10Si2. The Hall–Kier alpha value is -4.89. The van der Waals surface area contributed by atoms with Crippen molar-refractivity contribution in [3.8, 4) is 0 Å². The van der Waals surface area contributed by atoms with Crippen LogP contribution in [0.5, 0.6) is 0 Å². The number of ether oxygens (including phenoxy) is 4. The Kier molecular flexibility index (Phi) is 15.6. The van der Waals surface area contributed by atoms with Gasteiger partial charge < -0.3 is 27.8 Å². The molecule has 0 aliphatic carbocycles. The predicted molar refractivity (Wildman–Crippen MR) is 229 cm³/mol. The highest BCUT2D eigenvalue weighted by atomic mass is 28.4. The molecule has 4 atom stereocenters. The average Bonchev–Trinajstić information content (AvgIpc) is 3.19. The first-order valence-electron chi connectivity index (χ1n) is 19.5. The molecule has 0 unspecified atom stereocenters. The maximum atomic E-state index is 14.2. The average molecular weight is 827 g/mol. The lowest BCUT2D eigenvalue weighted by molar-refractivity contribution is -0.135. The van der Waals surface area contributed by atoms with E-state index in [-0.39, 0.29) is 45.5 Å². The lowest BCUT2D eigenvalue weighted by Crippen LogP contribution is -2.56. The van der Waals surface area contributed by atoms with Crippen LogP contribution in [0.15, 0.2) is 121 Å². The number of rotatable bonds is 17. The van der Waals surface area contributed by atoms with Gasteiger partial charge in [-0.15, -0.1) is 0 Å². The smallest absolute Gasteiger partial charge is 0.338 e. The molecule has 0 aromatic heterocycles. The lowest BCUT2D eigenvalue weighted by Gasteiger charge is -2.41. The zero-order valence-electron chi connectivity index (χ0n) is 35.4. The van der Waals surface area contributed by atoms with Crippen LogP contribution >= 0.6 is 0 Å². The van der Waals surface area contributed by atoms with Crippen LogP contribution in [0, 0.1) is 0 Å². The normalized spacial score (nSPS) is 14.3. The summed E-state index contributed by atoms with van der Waals surface area (Å²) in [5.41, 5.74) is 0.849. The van der Waals surface area contributed by atoms with Crippen LogP contribution < -0.4 is 0 Å². The highest BCUT2D eigenvalue weighted by molar-refractivity contribution is 6.74. The van der Waals surface area contributed by atoms with Gasteiger partial charge in [0.2, 0.25) is 0 Å². The third-order valence-corrected chi connectivity index (χ3v) is 19.9. The molecule has 0 N–H and O–H groups in total. The molecule has 0 bridgehead atoms. The number of carbonyl (C=O) groups excluding carboxylic acids is 4. The van der Waals surface area contributed by atoms with Gasteiger partial charge in [-0.05, 0) is 84.8 Å². The molecule has 4 aromatic rings. The van der Waals surface area contributed by atoms with Crippen molar-refractivity contribution in [2.24, 2.45) is 0 Å². The molecule has 0 fully saturated rings. The second kappa shape index (κ2) is 19.7. The van der Waals surface area contributed by atoms with E-state index in [4.69, 9.17) is 27.8 Å². The van der Waals surface area contributed by atoms with Crippen molar-refractivity contribution >= 4 is 40.5 Å². The van der Waals surface area contributed by atoms with E-state index in [1.54, 1.807) is 121 Å². The van der Waals surface area contributed by atoms with E-state index in [0.29, 0.717) is 0 Å². The van der Waals surface area contributed by atoms with Gasteiger partial charge in [-0.3, -0.25) is 0 Å². The van der Waals surface area contributed by atoms with E-state index in [1.165, 1.54) is 0 Å². The van der Waals surface area contributed by atoms with Gasteiger partial charge >= 0.3 is 23.9 Å². The molecule has 12 heteroatoms. The number of esters is 4. The fraction of sp³-hybridized carbons (Fsp3) is 0.391. The summed E-state index contributed by atoms with van der Waals surface area (Å²) in [5.74, 6) is -3.04. The first kappa shape index (κ1) is 45.8. The van der Waals surface area contributed by atoms with Crippen LogP contribution in [0.3, 0.4) is 0 Å². The van der Waals surface area contributed by atoms with Gasteiger partial charge in [0.1, 0.15) is 0 Å². The summed E-state index contributed by atoms with van der Waals surface area (Å²) in [5, 5.41) is -0.526. The fourth-order valence-electron chi connectivity index (χ4n) is 5.21. The molecule has 0 heterocycles. The summed E-state index contributed by atoms with van der Waals surface area (Å²) in [6.45, 7) is 20.1. The van der Waals surface area contributed by atoms with Crippen LogP contribution in [0.1, 0.15) is 83.0 Å². The van der Waals surface area contributed by atoms with Gasteiger partial charge in [-0.1, -0.05) is 114 Å². The minimum absolute atomic E-state index is 0.189. The van der Waals surface area contributed by atoms with Gasteiger partial charge in [-0.25, -0.2) is 19.2 Å². The number of hydrogen-bond donors (Lipinski definition) is 0. The van der Waals surface area contributed by atoms with Gasteiger partial charge in [0.25, 0.3) is 0 Å². The lowest BCUT2D eigenvalue weighted by atomic mass is 10.0. The van der Waals surface area contributed by atoms with E-state index in [0.717, 1.165) is 0 Å². The molecule has 4 rings (SSSR count). The summed E-state index contributed by atoms with van der Waals surface area (Å²) in [4.78, 5) is 56.3. The van der Waals surface area contributed by atoms with Crippen molar-refractivity contribution in [1.29, 1.82) is 0 Å². The summed E-state index contributed by atoms with van der Waals surface area (Å²) < 4.78 is 38.6. The Bertz CT molecular complexity index is 1800. The molecule has 0 saturated carbocycles. The van der Waals surface area contributed by atoms with Crippen LogP contribution in [-0.2, 0) is 27.8 Å². The molecular weight excluding hydrogens is 769 g/mol. The Morgan fingerprint density at radius 2 is 0.638 bits per heavy atom. The molecule has 10 nitrogen and oxygen atoms in total. The quantitative estimate of drug-likeness (QED) is 0.0577. The number of benzene rings is 4. The summed E-state index contributed by atoms with van der Waals surface area (Å²) >= 11 is 0. The molecule has 0 saturated heterocycles. The van der Waals surface area contributed by atoms with E-state index in [1.807, 2.05) is 26.2 Å². The Labute approximate surface area is 345 Å². The standard InChI is InChI=1S/C46H58O10Si2/c1-45(2,3)57(7,8)51-31-37(53-41(47)33-23-15-11-16-24-33)39(55-43(49)35-27-19-13-20-28-35)40(56-44(50)36-29-21-14-22-30-36)38(32-52-58(9,10)46(4,5)6)54-42(48)34-25-17-12-18-26-34/h11-30,37-40H,31-32H2,1-10H3/t37-,38-,39-,40-/m1/s1. The van der Waals surface area contributed by atoms with Crippen LogP contribution in [-0.4, -0.2) is 78.1 Å². The Morgan fingerprint density at radius 1 is 0.414 bits per heavy atom. The zero-order valence-corrected chi connectivity index (χ0v) is 37.4. The van der Waals surface area contributed by atoms with Crippen molar-refractivity contribution in [2.45, 2.75) is 102 Å². The summed E-state index contributed by atoms with van der Waals surface area (Å²) in [6, 6.07) is 33.3. The van der Waals surface area contributed by atoms with Crippen LogP contribution in [0.2, 0.25) is 36.3 Å². The molecule has 0 aliphatic rings. The van der Waals surface area contributed by atoms with Crippen molar-refractivity contribution in [2.75, 3.05) is 13.2 Å². The van der Waals surface area contributed by atoms with Crippen LogP contribution in [0.4, 0.5) is 0 Å². The number of carbonyl (C=O) groups is 4. The van der Waals surface area contributed by atoms with E-state index >= 15 is 0 Å². The van der Waals surface area contributed by atoms with Gasteiger partial charge in [0.15, 0.2) is 41.1 Å². The Morgan fingerprint density at radius 3 is 0.862 bits per heavy atom. The number of hydrogen-bond acceptors (Lipinski definition) is 10. The first-order chi connectivity index (χ1) is 27.2. The molecule has 0 spiro atoms.